The van der Waals surface area contributed by atoms with Crippen molar-refractivity contribution in [2.75, 3.05) is 20.2 Å². The highest BCUT2D eigenvalue weighted by atomic mass is 16.5. The number of hydrogen-bond acceptors (Lipinski definition) is 3. The first-order valence-electron chi connectivity index (χ1n) is 7.09. The first-order valence-corrected chi connectivity index (χ1v) is 7.09. The topological polar surface area (TPSA) is 46.6 Å². The van der Waals surface area contributed by atoms with Gasteiger partial charge in [-0.05, 0) is 37.5 Å². The monoisotopic (exact) mass is 251 g/mol. The van der Waals surface area contributed by atoms with Gasteiger partial charge in [-0.25, -0.2) is 0 Å². The average molecular weight is 251 g/mol. The van der Waals surface area contributed by atoms with Gasteiger partial charge in [0.1, 0.15) is 0 Å². The molecule has 0 radical (unpaired) electrons. The minimum atomic E-state index is -0.163. The van der Waals surface area contributed by atoms with E-state index in [1.54, 1.807) is 0 Å². The number of piperidine rings is 1. The summed E-state index contributed by atoms with van der Waals surface area (Å²) in [4.78, 5) is 25.9. The third-order valence-corrected chi connectivity index (χ3v) is 4.96. The fourth-order valence-corrected chi connectivity index (χ4v) is 3.93. The summed E-state index contributed by atoms with van der Waals surface area (Å²) in [6, 6.07) is 0. The molecule has 3 aliphatic rings. The van der Waals surface area contributed by atoms with E-state index in [0.717, 1.165) is 19.4 Å². The second kappa shape index (κ2) is 4.56. The molecule has 4 nitrogen and oxygen atoms in total. The van der Waals surface area contributed by atoms with Crippen LogP contribution in [0.25, 0.3) is 0 Å². The third kappa shape index (κ3) is 1.91. The zero-order valence-electron chi connectivity index (χ0n) is 10.9. The maximum atomic E-state index is 12.4. The number of likely N-dealkylation sites (tertiary alicyclic amines) is 1. The number of rotatable bonds is 2. The van der Waals surface area contributed by atoms with E-state index < -0.39 is 0 Å². The number of carbonyl (C=O) groups is 2. The molecule has 3 atom stereocenters. The lowest BCUT2D eigenvalue weighted by molar-refractivity contribution is -0.149. The minimum Gasteiger partial charge on any atom is -0.469 e. The molecule has 1 aliphatic heterocycles. The van der Waals surface area contributed by atoms with Gasteiger partial charge in [-0.3, -0.25) is 9.59 Å². The van der Waals surface area contributed by atoms with Gasteiger partial charge >= 0.3 is 5.97 Å². The fraction of sp³-hybridized carbons (Fsp3) is 0.857. The lowest BCUT2D eigenvalue weighted by atomic mass is 9.97. The molecule has 4 heteroatoms. The van der Waals surface area contributed by atoms with Crippen molar-refractivity contribution in [2.45, 2.75) is 32.1 Å². The Hall–Kier alpha value is -1.06. The van der Waals surface area contributed by atoms with Gasteiger partial charge < -0.3 is 9.64 Å². The highest BCUT2D eigenvalue weighted by Gasteiger charge is 2.57. The third-order valence-electron chi connectivity index (χ3n) is 4.96. The van der Waals surface area contributed by atoms with E-state index in [1.807, 2.05) is 4.90 Å². The summed E-state index contributed by atoms with van der Waals surface area (Å²) in [6.07, 6.45) is 5.54. The smallest absolute Gasteiger partial charge is 0.310 e. The summed E-state index contributed by atoms with van der Waals surface area (Å²) in [6.45, 7) is 1.39. The van der Waals surface area contributed by atoms with E-state index >= 15 is 0 Å². The molecule has 1 saturated heterocycles. The standard InChI is InChI=1S/C14H21NO3/c1-18-14(17)9-4-3-7-15(8-9)13(16)12-10-5-2-6-11(10)12/h9-12H,2-8H2,1H3/t9-,10?,11?,12?/m0/s1. The Labute approximate surface area is 108 Å². The predicted molar refractivity (Wildman–Crippen MR) is 65.6 cm³/mol. The molecule has 100 valence electrons. The van der Waals surface area contributed by atoms with Crippen LogP contribution < -0.4 is 0 Å². The molecule has 0 bridgehead atoms. The Morgan fingerprint density at radius 2 is 1.83 bits per heavy atom. The summed E-state index contributed by atoms with van der Waals surface area (Å²) in [5.74, 6) is 1.65. The molecular formula is C14H21NO3. The zero-order chi connectivity index (χ0) is 12.7. The quantitative estimate of drug-likeness (QED) is 0.698. The van der Waals surface area contributed by atoms with Gasteiger partial charge in [-0.2, -0.15) is 0 Å². The number of carbonyl (C=O) groups excluding carboxylic acids is 2. The first-order chi connectivity index (χ1) is 8.72. The van der Waals surface area contributed by atoms with E-state index in [-0.39, 0.29) is 17.8 Å². The van der Waals surface area contributed by atoms with Crippen LogP contribution in [0.1, 0.15) is 32.1 Å². The van der Waals surface area contributed by atoms with Crippen molar-refractivity contribution in [3.05, 3.63) is 0 Å². The predicted octanol–water partition coefficient (Wildman–Crippen LogP) is 1.44. The van der Waals surface area contributed by atoms with Gasteiger partial charge in [-0.1, -0.05) is 6.42 Å². The number of ether oxygens (including phenoxy) is 1. The molecule has 0 N–H and O–H groups in total. The molecule has 2 unspecified atom stereocenters. The van der Waals surface area contributed by atoms with Crippen LogP contribution in [0.5, 0.6) is 0 Å². The summed E-state index contributed by atoms with van der Waals surface area (Å²) in [5.41, 5.74) is 0. The van der Waals surface area contributed by atoms with E-state index in [4.69, 9.17) is 4.74 Å². The van der Waals surface area contributed by atoms with Crippen molar-refractivity contribution in [3.63, 3.8) is 0 Å². The highest BCUT2D eigenvalue weighted by molar-refractivity contribution is 5.83. The van der Waals surface area contributed by atoms with Crippen molar-refractivity contribution in [3.8, 4) is 0 Å². The zero-order valence-corrected chi connectivity index (χ0v) is 10.9. The Bertz CT molecular complexity index is 358. The molecule has 2 aliphatic carbocycles. The summed E-state index contributed by atoms with van der Waals surface area (Å²) >= 11 is 0. The molecule has 0 spiro atoms. The van der Waals surface area contributed by atoms with Crippen LogP contribution in [0, 0.1) is 23.7 Å². The Morgan fingerprint density at radius 3 is 2.50 bits per heavy atom. The number of hydrogen-bond donors (Lipinski definition) is 0. The van der Waals surface area contributed by atoms with Gasteiger partial charge in [0.05, 0.1) is 13.0 Å². The first kappa shape index (κ1) is 12.0. The molecule has 18 heavy (non-hydrogen) atoms. The van der Waals surface area contributed by atoms with Gasteiger partial charge in [-0.15, -0.1) is 0 Å². The number of nitrogens with zero attached hydrogens (tertiary/aromatic N) is 1. The van der Waals surface area contributed by atoms with E-state index in [2.05, 4.69) is 0 Å². The second-order valence-electron chi connectivity index (χ2n) is 5.93. The van der Waals surface area contributed by atoms with Gasteiger partial charge in [0, 0.05) is 19.0 Å². The Balaban J connectivity index is 1.59. The summed E-state index contributed by atoms with van der Waals surface area (Å²) < 4.78 is 4.79. The lowest BCUT2D eigenvalue weighted by Gasteiger charge is -2.31. The van der Waals surface area contributed by atoms with E-state index in [9.17, 15) is 9.59 Å². The van der Waals surface area contributed by atoms with Crippen LogP contribution in [-0.4, -0.2) is 37.0 Å². The van der Waals surface area contributed by atoms with Crippen LogP contribution in [0.2, 0.25) is 0 Å². The van der Waals surface area contributed by atoms with E-state index in [0.29, 0.717) is 24.3 Å². The van der Waals surface area contributed by atoms with Gasteiger partial charge in [0.15, 0.2) is 0 Å². The molecule has 3 fully saturated rings. The summed E-state index contributed by atoms with van der Waals surface area (Å²) in [7, 11) is 1.42. The average Bonchev–Trinajstić information content (AvgIpc) is 2.89. The normalized spacial score (nSPS) is 38.2. The van der Waals surface area contributed by atoms with Crippen molar-refractivity contribution >= 4 is 11.9 Å². The fourth-order valence-electron chi connectivity index (χ4n) is 3.93. The number of amides is 1. The molecule has 1 amide bonds. The van der Waals surface area contributed by atoms with Gasteiger partial charge in [0.25, 0.3) is 0 Å². The van der Waals surface area contributed by atoms with Crippen LogP contribution in [0.3, 0.4) is 0 Å². The Morgan fingerprint density at radius 1 is 1.11 bits per heavy atom. The number of esters is 1. The van der Waals surface area contributed by atoms with Crippen molar-refractivity contribution in [1.29, 1.82) is 0 Å². The molecule has 1 heterocycles. The maximum Gasteiger partial charge on any atom is 0.310 e. The Kier molecular flexibility index (Phi) is 3.04. The SMILES string of the molecule is COC(=O)[C@H]1CCCN(C(=O)C2C3CCCC32)C1. The lowest BCUT2D eigenvalue weighted by Crippen LogP contribution is -2.43. The van der Waals surface area contributed by atoms with Gasteiger partial charge in [0.2, 0.25) is 5.91 Å². The molecule has 2 saturated carbocycles. The second-order valence-corrected chi connectivity index (χ2v) is 5.93. The minimum absolute atomic E-state index is 0.105. The molecule has 3 rings (SSSR count). The molecule has 0 aromatic carbocycles. The van der Waals surface area contributed by atoms with Crippen LogP contribution in [0.4, 0.5) is 0 Å². The maximum absolute atomic E-state index is 12.4. The van der Waals surface area contributed by atoms with Crippen molar-refractivity contribution in [1.82, 2.24) is 4.90 Å². The van der Waals surface area contributed by atoms with Crippen molar-refractivity contribution < 1.29 is 14.3 Å². The molecular weight excluding hydrogens is 230 g/mol. The van der Waals surface area contributed by atoms with Crippen LogP contribution in [0.15, 0.2) is 0 Å². The highest BCUT2D eigenvalue weighted by Crippen LogP contribution is 2.58. The van der Waals surface area contributed by atoms with E-state index in [1.165, 1.54) is 26.4 Å². The largest absolute Gasteiger partial charge is 0.469 e. The number of fused-ring (bicyclic) bond motifs is 1. The van der Waals surface area contributed by atoms with Crippen molar-refractivity contribution in [2.24, 2.45) is 23.7 Å². The van der Waals surface area contributed by atoms with Crippen LogP contribution >= 0.6 is 0 Å². The molecule has 0 aromatic heterocycles. The summed E-state index contributed by atoms with van der Waals surface area (Å²) in [5, 5.41) is 0. The van der Waals surface area contributed by atoms with Crippen LogP contribution in [-0.2, 0) is 14.3 Å². The molecule has 0 aromatic rings. The number of methoxy groups -OCH3 is 1.